The van der Waals surface area contributed by atoms with Crippen molar-refractivity contribution in [3.63, 3.8) is 0 Å². The highest BCUT2D eigenvalue weighted by molar-refractivity contribution is 7.99. The van der Waals surface area contributed by atoms with Crippen molar-refractivity contribution in [2.24, 2.45) is 5.41 Å². The molecule has 1 aromatic rings. The predicted molar refractivity (Wildman–Crippen MR) is 66.7 cm³/mol. The Kier molecular flexibility index (Phi) is 4.86. The Labute approximate surface area is 104 Å². The van der Waals surface area contributed by atoms with Crippen LogP contribution in [0.15, 0.2) is 9.64 Å². The van der Waals surface area contributed by atoms with E-state index in [1.54, 1.807) is 11.8 Å². The molecule has 0 unspecified atom stereocenters. The number of hydrogen-bond donors (Lipinski definition) is 0. The number of aromatic nitrogens is 2. The van der Waals surface area contributed by atoms with Gasteiger partial charge in [-0.2, -0.15) is 11.8 Å². The van der Waals surface area contributed by atoms with E-state index in [0.29, 0.717) is 22.6 Å². The van der Waals surface area contributed by atoms with Crippen molar-refractivity contribution in [2.45, 2.75) is 31.7 Å². The molecule has 0 fully saturated rings. The first kappa shape index (κ1) is 13.6. The van der Waals surface area contributed by atoms with E-state index in [2.05, 4.69) is 10.2 Å². The van der Waals surface area contributed by atoms with Crippen LogP contribution in [0.5, 0.6) is 0 Å². The summed E-state index contributed by atoms with van der Waals surface area (Å²) in [6.07, 6.45) is 1.97. The Morgan fingerprint density at radius 2 is 2.06 bits per heavy atom. The number of nitrogens with zero attached hydrogens (tertiary/aromatic N) is 2. The first-order valence-corrected chi connectivity index (χ1v) is 7.29. The molecule has 0 radical (unpaired) electrons. The summed E-state index contributed by atoms with van der Waals surface area (Å²) in [6, 6.07) is 0. The van der Waals surface area contributed by atoms with Gasteiger partial charge in [0, 0.05) is 5.41 Å². The zero-order valence-electron chi connectivity index (χ0n) is 9.94. The Morgan fingerprint density at radius 3 is 2.62 bits per heavy atom. The Bertz CT molecular complexity index is 358. The summed E-state index contributed by atoms with van der Waals surface area (Å²) in [6.45, 7) is 5.72. The average Bonchev–Trinajstić information content (AvgIpc) is 2.61. The molecule has 0 saturated carbocycles. The van der Waals surface area contributed by atoms with Crippen LogP contribution in [0.1, 0.15) is 26.7 Å². The SMILES string of the molecule is CSCc1nnc(SCC(=O)C(C)(C)C)o1. The second kappa shape index (κ2) is 5.72. The maximum Gasteiger partial charge on any atom is 0.277 e. The third kappa shape index (κ3) is 4.17. The van der Waals surface area contributed by atoms with Gasteiger partial charge in [-0.3, -0.25) is 4.79 Å². The van der Waals surface area contributed by atoms with E-state index in [9.17, 15) is 4.79 Å². The van der Waals surface area contributed by atoms with Crippen molar-refractivity contribution in [1.82, 2.24) is 10.2 Å². The number of thioether (sulfide) groups is 2. The highest BCUT2D eigenvalue weighted by Crippen LogP contribution is 2.22. The fourth-order valence-corrected chi connectivity index (χ4v) is 2.13. The van der Waals surface area contributed by atoms with Gasteiger partial charge < -0.3 is 4.42 Å². The number of carbonyl (C=O) groups is 1. The highest BCUT2D eigenvalue weighted by atomic mass is 32.2. The van der Waals surface area contributed by atoms with Crippen molar-refractivity contribution in [2.75, 3.05) is 12.0 Å². The zero-order chi connectivity index (χ0) is 12.2. The normalized spacial score (nSPS) is 11.8. The summed E-state index contributed by atoms with van der Waals surface area (Å²) in [5, 5.41) is 8.22. The molecule has 1 aromatic heterocycles. The molecule has 6 heteroatoms. The van der Waals surface area contributed by atoms with E-state index in [-0.39, 0.29) is 11.2 Å². The summed E-state index contributed by atoms with van der Waals surface area (Å²) in [5.74, 6) is 1.88. The van der Waals surface area contributed by atoms with Crippen molar-refractivity contribution >= 4 is 29.3 Å². The van der Waals surface area contributed by atoms with Crippen molar-refractivity contribution in [1.29, 1.82) is 0 Å². The minimum absolute atomic E-state index is 0.183. The molecule has 16 heavy (non-hydrogen) atoms. The molecule has 0 saturated heterocycles. The quantitative estimate of drug-likeness (QED) is 0.759. The van der Waals surface area contributed by atoms with Gasteiger partial charge in [0.15, 0.2) is 0 Å². The number of carbonyl (C=O) groups excluding carboxylic acids is 1. The number of hydrogen-bond acceptors (Lipinski definition) is 6. The van der Waals surface area contributed by atoms with E-state index in [4.69, 9.17) is 4.42 Å². The van der Waals surface area contributed by atoms with Crippen LogP contribution in [0.3, 0.4) is 0 Å². The van der Waals surface area contributed by atoms with E-state index in [1.807, 2.05) is 27.0 Å². The van der Waals surface area contributed by atoms with E-state index in [1.165, 1.54) is 11.8 Å². The van der Waals surface area contributed by atoms with E-state index in [0.717, 1.165) is 0 Å². The smallest absolute Gasteiger partial charge is 0.277 e. The minimum atomic E-state index is -0.310. The summed E-state index contributed by atoms with van der Waals surface area (Å²) in [7, 11) is 0. The van der Waals surface area contributed by atoms with Gasteiger partial charge in [-0.25, -0.2) is 0 Å². The van der Waals surface area contributed by atoms with Crippen LogP contribution >= 0.6 is 23.5 Å². The van der Waals surface area contributed by atoms with Gasteiger partial charge in [0.2, 0.25) is 5.89 Å². The van der Waals surface area contributed by atoms with Gasteiger partial charge in [-0.1, -0.05) is 32.5 Å². The Hall–Kier alpha value is -0.490. The number of rotatable bonds is 5. The molecular formula is C10H16N2O2S2. The minimum Gasteiger partial charge on any atom is -0.415 e. The first-order chi connectivity index (χ1) is 7.43. The standard InChI is InChI=1S/C10H16N2O2S2/c1-10(2,3)7(13)5-16-9-12-11-8(14-9)6-15-4/h5-6H2,1-4H3. The molecule has 0 bridgehead atoms. The highest BCUT2D eigenvalue weighted by Gasteiger charge is 2.21. The topological polar surface area (TPSA) is 56.0 Å². The molecule has 0 aliphatic rings. The van der Waals surface area contributed by atoms with Crippen LogP contribution in [-0.2, 0) is 10.5 Å². The molecule has 1 rings (SSSR count). The second-order valence-corrected chi connectivity index (χ2v) is 6.15. The largest absolute Gasteiger partial charge is 0.415 e. The number of ketones is 1. The monoisotopic (exact) mass is 260 g/mol. The van der Waals surface area contributed by atoms with Crippen LogP contribution < -0.4 is 0 Å². The fourth-order valence-electron chi connectivity index (χ4n) is 0.822. The third-order valence-electron chi connectivity index (χ3n) is 1.88. The van der Waals surface area contributed by atoms with Gasteiger partial charge in [0.1, 0.15) is 5.78 Å². The first-order valence-electron chi connectivity index (χ1n) is 4.91. The van der Waals surface area contributed by atoms with Crippen LogP contribution in [0.4, 0.5) is 0 Å². The lowest BCUT2D eigenvalue weighted by Gasteiger charge is -2.14. The third-order valence-corrected chi connectivity index (χ3v) is 3.23. The molecule has 1 heterocycles. The predicted octanol–water partition coefficient (Wildman–Crippen LogP) is 2.64. The second-order valence-electron chi connectivity index (χ2n) is 4.36. The molecular weight excluding hydrogens is 244 g/mol. The molecule has 0 aliphatic heterocycles. The Morgan fingerprint density at radius 1 is 1.38 bits per heavy atom. The molecule has 4 nitrogen and oxygen atoms in total. The van der Waals surface area contributed by atoms with E-state index < -0.39 is 0 Å². The van der Waals surface area contributed by atoms with Crippen molar-refractivity contribution in [3.8, 4) is 0 Å². The van der Waals surface area contributed by atoms with Crippen LogP contribution in [0.2, 0.25) is 0 Å². The summed E-state index contributed by atoms with van der Waals surface area (Å²) in [4.78, 5) is 11.7. The molecule has 0 aromatic carbocycles. The average molecular weight is 260 g/mol. The fraction of sp³-hybridized carbons (Fsp3) is 0.700. The van der Waals surface area contributed by atoms with Gasteiger partial charge in [-0.05, 0) is 6.26 Å². The van der Waals surface area contributed by atoms with Crippen LogP contribution in [0.25, 0.3) is 0 Å². The summed E-state index contributed by atoms with van der Waals surface area (Å²) < 4.78 is 5.35. The van der Waals surface area contributed by atoms with E-state index >= 15 is 0 Å². The lowest BCUT2D eigenvalue weighted by atomic mass is 9.92. The maximum atomic E-state index is 11.7. The van der Waals surface area contributed by atoms with Crippen LogP contribution in [0, 0.1) is 5.41 Å². The molecule has 0 atom stereocenters. The Balaban J connectivity index is 2.45. The van der Waals surface area contributed by atoms with Gasteiger partial charge in [0.25, 0.3) is 5.22 Å². The summed E-state index contributed by atoms with van der Waals surface area (Å²) in [5.41, 5.74) is -0.310. The molecule has 0 aliphatic carbocycles. The lowest BCUT2D eigenvalue weighted by molar-refractivity contribution is -0.123. The van der Waals surface area contributed by atoms with Gasteiger partial charge in [0.05, 0.1) is 11.5 Å². The van der Waals surface area contributed by atoms with Gasteiger partial charge >= 0.3 is 0 Å². The van der Waals surface area contributed by atoms with Crippen molar-refractivity contribution in [3.05, 3.63) is 5.89 Å². The molecule has 0 N–H and O–H groups in total. The maximum absolute atomic E-state index is 11.7. The zero-order valence-corrected chi connectivity index (χ0v) is 11.6. The molecule has 90 valence electrons. The van der Waals surface area contributed by atoms with Crippen LogP contribution in [-0.4, -0.2) is 28.0 Å². The molecule has 0 amide bonds. The molecule has 0 spiro atoms. The van der Waals surface area contributed by atoms with Crippen molar-refractivity contribution < 1.29 is 9.21 Å². The van der Waals surface area contributed by atoms with Gasteiger partial charge in [-0.15, -0.1) is 10.2 Å². The number of Topliss-reactive ketones (excluding diaryl/α,β-unsaturated/α-hetero) is 1. The summed E-state index contributed by atoms with van der Waals surface area (Å²) >= 11 is 2.93. The lowest BCUT2D eigenvalue weighted by Crippen LogP contribution is -2.21.